The number of alkyl halides is 1. The van der Waals surface area contributed by atoms with Gasteiger partial charge in [-0.2, -0.15) is 0 Å². The Morgan fingerprint density at radius 1 is 1.15 bits per heavy atom. The molecule has 2 nitrogen and oxygen atoms in total. The third-order valence-corrected chi connectivity index (χ3v) is 2.85. The topological polar surface area (TPSA) is 18.5 Å². The summed E-state index contributed by atoms with van der Waals surface area (Å²) in [5.41, 5.74) is -0.228. The van der Waals surface area contributed by atoms with Crippen molar-refractivity contribution in [3.8, 4) is 0 Å². The standard InChI is InChI=1S/C10H21BrO2/c1-6-8(11)9(7-2)12-13-10(3,4)5/h8-9H,6-7H2,1-5H3. The Bertz CT molecular complexity index is 131. The Balaban J connectivity index is 3.85. The first-order chi connectivity index (χ1) is 5.90. The third-order valence-electron chi connectivity index (χ3n) is 1.62. The molecule has 0 aromatic carbocycles. The van der Waals surface area contributed by atoms with Gasteiger partial charge in [-0.3, -0.25) is 0 Å². The second-order valence-electron chi connectivity index (χ2n) is 4.16. The predicted octanol–water partition coefficient (Wildman–Crippen LogP) is 3.69. The Morgan fingerprint density at radius 2 is 1.69 bits per heavy atom. The van der Waals surface area contributed by atoms with Crippen molar-refractivity contribution >= 4 is 15.9 Å². The van der Waals surface area contributed by atoms with Crippen molar-refractivity contribution in [2.45, 2.75) is 64.0 Å². The molecule has 0 N–H and O–H groups in total. The lowest BCUT2D eigenvalue weighted by Crippen LogP contribution is -2.29. The molecule has 0 rings (SSSR count). The molecule has 0 saturated carbocycles. The van der Waals surface area contributed by atoms with Crippen LogP contribution in [0.15, 0.2) is 0 Å². The van der Waals surface area contributed by atoms with Crippen LogP contribution in [0.3, 0.4) is 0 Å². The van der Waals surface area contributed by atoms with E-state index in [1.165, 1.54) is 0 Å². The highest BCUT2D eigenvalue weighted by molar-refractivity contribution is 9.09. The zero-order chi connectivity index (χ0) is 10.5. The molecule has 2 unspecified atom stereocenters. The van der Waals surface area contributed by atoms with Gasteiger partial charge in [0.2, 0.25) is 0 Å². The van der Waals surface area contributed by atoms with E-state index in [2.05, 4.69) is 29.8 Å². The molecule has 0 radical (unpaired) electrons. The minimum atomic E-state index is -0.228. The maximum Gasteiger partial charge on any atom is 0.105 e. The van der Waals surface area contributed by atoms with E-state index in [0.29, 0.717) is 4.83 Å². The second kappa shape index (κ2) is 5.99. The molecular formula is C10H21BrO2. The lowest BCUT2D eigenvalue weighted by atomic mass is 10.2. The van der Waals surface area contributed by atoms with E-state index in [1.807, 2.05) is 20.8 Å². The van der Waals surface area contributed by atoms with Gasteiger partial charge in [-0.05, 0) is 33.6 Å². The fourth-order valence-electron chi connectivity index (χ4n) is 0.853. The first-order valence-corrected chi connectivity index (χ1v) is 5.80. The van der Waals surface area contributed by atoms with Gasteiger partial charge in [0.15, 0.2) is 0 Å². The van der Waals surface area contributed by atoms with Crippen LogP contribution < -0.4 is 0 Å². The van der Waals surface area contributed by atoms with E-state index in [1.54, 1.807) is 0 Å². The zero-order valence-electron chi connectivity index (χ0n) is 9.26. The zero-order valence-corrected chi connectivity index (χ0v) is 10.8. The Hall–Kier alpha value is 0.400. The Labute approximate surface area is 90.0 Å². The number of halogens is 1. The van der Waals surface area contributed by atoms with Crippen molar-refractivity contribution in [1.29, 1.82) is 0 Å². The smallest absolute Gasteiger partial charge is 0.105 e. The van der Waals surface area contributed by atoms with Gasteiger partial charge in [-0.1, -0.05) is 29.8 Å². The van der Waals surface area contributed by atoms with E-state index in [4.69, 9.17) is 9.78 Å². The Morgan fingerprint density at radius 3 is 2.00 bits per heavy atom. The molecule has 13 heavy (non-hydrogen) atoms. The minimum Gasteiger partial charge on any atom is -0.232 e. The van der Waals surface area contributed by atoms with Crippen LogP contribution >= 0.6 is 15.9 Å². The molecule has 0 spiro atoms. The Kier molecular flexibility index (Phi) is 6.18. The average Bonchev–Trinajstić information content (AvgIpc) is 2.03. The van der Waals surface area contributed by atoms with E-state index >= 15 is 0 Å². The first-order valence-electron chi connectivity index (χ1n) is 4.89. The second-order valence-corrected chi connectivity index (χ2v) is 5.34. The average molecular weight is 253 g/mol. The molecule has 0 aromatic rings. The van der Waals surface area contributed by atoms with Crippen LogP contribution in [0.25, 0.3) is 0 Å². The van der Waals surface area contributed by atoms with E-state index in [9.17, 15) is 0 Å². The molecule has 2 atom stereocenters. The minimum absolute atomic E-state index is 0.143. The van der Waals surface area contributed by atoms with Crippen molar-refractivity contribution in [3.05, 3.63) is 0 Å². The predicted molar refractivity (Wildman–Crippen MR) is 59.0 cm³/mol. The summed E-state index contributed by atoms with van der Waals surface area (Å²) in [5.74, 6) is 0. The van der Waals surface area contributed by atoms with Gasteiger partial charge in [0.25, 0.3) is 0 Å². The highest BCUT2D eigenvalue weighted by atomic mass is 79.9. The van der Waals surface area contributed by atoms with Gasteiger partial charge < -0.3 is 0 Å². The summed E-state index contributed by atoms with van der Waals surface area (Å²) in [6.07, 6.45) is 2.15. The van der Waals surface area contributed by atoms with Crippen molar-refractivity contribution in [2.24, 2.45) is 0 Å². The SMILES string of the molecule is CCC(Br)C(CC)OOC(C)(C)C. The van der Waals surface area contributed by atoms with Gasteiger partial charge in [0.1, 0.15) is 6.10 Å². The summed E-state index contributed by atoms with van der Waals surface area (Å²) < 4.78 is 0. The molecule has 0 aliphatic carbocycles. The molecule has 80 valence electrons. The summed E-state index contributed by atoms with van der Waals surface area (Å²) in [6.45, 7) is 10.2. The first kappa shape index (κ1) is 13.4. The molecule has 0 amide bonds. The largest absolute Gasteiger partial charge is 0.232 e. The summed E-state index contributed by atoms with van der Waals surface area (Å²) in [6, 6.07) is 0. The summed E-state index contributed by atoms with van der Waals surface area (Å²) in [5, 5.41) is 0. The molecule has 0 saturated heterocycles. The van der Waals surface area contributed by atoms with Crippen LogP contribution in [0.2, 0.25) is 0 Å². The van der Waals surface area contributed by atoms with E-state index in [0.717, 1.165) is 12.8 Å². The van der Waals surface area contributed by atoms with Gasteiger partial charge in [0.05, 0.1) is 5.60 Å². The number of rotatable bonds is 5. The van der Waals surface area contributed by atoms with Gasteiger partial charge in [0, 0.05) is 4.83 Å². The van der Waals surface area contributed by atoms with Crippen molar-refractivity contribution in [2.75, 3.05) is 0 Å². The maximum absolute atomic E-state index is 5.36. The van der Waals surface area contributed by atoms with Gasteiger partial charge in [-0.15, -0.1) is 0 Å². The fourth-order valence-corrected chi connectivity index (χ4v) is 1.32. The molecule has 3 heteroatoms. The molecular weight excluding hydrogens is 232 g/mol. The summed E-state index contributed by atoms with van der Waals surface area (Å²) in [4.78, 5) is 11.0. The summed E-state index contributed by atoms with van der Waals surface area (Å²) in [7, 11) is 0. The van der Waals surface area contributed by atoms with Crippen LogP contribution in [0, 0.1) is 0 Å². The lowest BCUT2D eigenvalue weighted by molar-refractivity contribution is -0.372. The maximum atomic E-state index is 5.36. The van der Waals surface area contributed by atoms with Crippen LogP contribution in [0.5, 0.6) is 0 Å². The van der Waals surface area contributed by atoms with E-state index in [-0.39, 0.29) is 11.7 Å². The number of hydrogen-bond donors (Lipinski definition) is 0. The van der Waals surface area contributed by atoms with Crippen molar-refractivity contribution < 1.29 is 9.78 Å². The highest BCUT2D eigenvalue weighted by Crippen LogP contribution is 2.19. The normalized spacial score (nSPS) is 17.1. The molecule has 0 aliphatic rings. The highest BCUT2D eigenvalue weighted by Gasteiger charge is 2.20. The van der Waals surface area contributed by atoms with Crippen LogP contribution in [-0.2, 0) is 9.78 Å². The lowest BCUT2D eigenvalue weighted by Gasteiger charge is -2.24. The number of hydrogen-bond acceptors (Lipinski definition) is 2. The van der Waals surface area contributed by atoms with Crippen LogP contribution in [0.1, 0.15) is 47.5 Å². The summed E-state index contributed by atoms with van der Waals surface area (Å²) >= 11 is 3.57. The van der Waals surface area contributed by atoms with Crippen molar-refractivity contribution in [1.82, 2.24) is 0 Å². The monoisotopic (exact) mass is 252 g/mol. The van der Waals surface area contributed by atoms with Gasteiger partial charge >= 0.3 is 0 Å². The molecule has 0 fully saturated rings. The van der Waals surface area contributed by atoms with Crippen LogP contribution in [-0.4, -0.2) is 16.5 Å². The molecule has 0 aromatic heterocycles. The van der Waals surface area contributed by atoms with Crippen molar-refractivity contribution in [3.63, 3.8) is 0 Å². The van der Waals surface area contributed by atoms with Crippen LogP contribution in [0.4, 0.5) is 0 Å². The third kappa shape index (κ3) is 6.47. The van der Waals surface area contributed by atoms with E-state index < -0.39 is 0 Å². The molecule has 0 heterocycles. The fraction of sp³-hybridized carbons (Fsp3) is 1.00. The molecule has 0 aliphatic heterocycles. The molecule has 0 bridgehead atoms. The quantitative estimate of drug-likeness (QED) is 0.422. The van der Waals surface area contributed by atoms with Gasteiger partial charge in [-0.25, -0.2) is 9.78 Å².